The molecule has 0 radical (unpaired) electrons. The molecule has 0 bridgehead atoms. The van der Waals surface area contributed by atoms with E-state index < -0.39 is 0 Å². The maximum Gasteiger partial charge on any atom is 0.293 e. The van der Waals surface area contributed by atoms with Crippen LogP contribution in [0.1, 0.15) is 48.3 Å². The van der Waals surface area contributed by atoms with Gasteiger partial charge in [-0.1, -0.05) is 25.1 Å². The van der Waals surface area contributed by atoms with E-state index in [1.54, 1.807) is 6.07 Å². The Morgan fingerprint density at radius 1 is 1.11 bits per heavy atom. The molecule has 35 heavy (non-hydrogen) atoms. The number of aromatic nitrogens is 1. The third kappa shape index (κ3) is 4.89. The molecular weight excluding hydrogens is 458 g/mol. The molecule has 0 saturated carbocycles. The van der Waals surface area contributed by atoms with Crippen LogP contribution in [0.25, 0.3) is 11.8 Å². The highest BCUT2D eigenvalue weighted by atomic mass is 32.2. The molecule has 3 aromatic rings. The molecule has 1 aromatic heterocycles. The van der Waals surface area contributed by atoms with Crippen LogP contribution in [0.5, 0.6) is 5.75 Å². The van der Waals surface area contributed by atoms with Crippen molar-refractivity contribution < 1.29 is 14.3 Å². The summed E-state index contributed by atoms with van der Waals surface area (Å²) in [5.74, 6) is 0.488. The van der Waals surface area contributed by atoms with E-state index >= 15 is 0 Å². The molecule has 0 spiro atoms. The van der Waals surface area contributed by atoms with Crippen LogP contribution in [0, 0.1) is 25.2 Å². The fourth-order valence-corrected chi connectivity index (χ4v) is 5.04. The first-order chi connectivity index (χ1) is 16.8. The average molecular weight is 486 g/mol. The Morgan fingerprint density at radius 3 is 2.51 bits per heavy atom. The van der Waals surface area contributed by atoms with Gasteiger partial charge in [0, 0.05) is 28.7 Å². The Balaban J connectivity index is 1.53. The van der Waals surface area contributed by atoms with Crippen LogP contribution in [-0.4, -0.2) is 26.7 Å². The summed E-state index contributed by atoms with van der Waals surface area (Å²) in [5.41, 5.74) is 5.33. The third-order valence-corrected chi connectivity index (χ3v) is 7.12. The predicted octanol–water partition coefficient (Wildman–Crippen LogP) is 6.38. The van der Waals surface area contributed by atoms with Crippen molar-refractivity contribution in [2.24, 2.45) is 0 Å². The number of ether oxygens (including phenoxy) is 1. The molecule has 1 aliphatic heterocycles. The van der Waals surface area contributed by atoms with Gasteiger partial charge in [0.05, 0.1) is 16.5 Å². The molecule has 4 rings (SSSR count). The van der Waals surface area contributed by atoms with Gasteiger partial charge in [-0.15, -0.1) is 0 Å². The molecule has 1 fully saturated rings. The zero-order valence-corrected chi connectivity index (χ0v) is 21.1. The molecule has 2 heterocycles. The lowest BCUT2D eigenvalue weighted by Crippen LogP contribution is -2.36. The van der Waals surface area contributed by atoms with Crippen LogP contribution >= 0.6 is 11.8 Å². The second-order valence-corrected chi connectivity index (χ2v) is 9.52. The molecule has 6 nitrogen and oxygen atoms in total. The first kappa shape index (κ1) is 24.4. The number of benzene rings is 2. The van der Waals surface area contributed by atoms with Crippen LogP contribution < -0.4 is 4.74 Å². The van der Waals surface area contributed by atoms with E-state index in [2.05, 4.69) is 10.6 Å². The Kier molecular flexibility index (Phi) is 7.13. The highest BCUT2D eigenvalue weighted by Crippen LogP contribution is 2.35. The highest BCUT2D eigenvalue weighted by molar-refractivity contribution is 8.18. The van der Waals surface area contributed by atoms with Gasteiger partial charge >= 0.3 is 0 Å². The summed E-state index contributed by atoms with van der Waals surface area (Å²) in [7, 11) is 0. The Hall–Kier alpha value is -3.76. The molecule has 7 heteroatoms. The molecule has 1 unspecified atom stereocenters. The zero-order valence-electron chi connectivity index (χ0n) is 20.2. The topological polar surface area (TPSA) is 75.3 Å². The second kappa shape index (κ2) is 10.2. The highest BCUT2D eigenvalue weighted by Gasteiger charge is 2.37. The van der Waals surface area contributed by atoms with Crippen LogP contribution in [0.4, 0.5) is 4.79 Å². The van der Waals surface area contributed by atoms with Crippen LogP contribution in [-0.2, 0) is 11.4 Å². The third-order valence-electron chi connectivity index (χ3n) is 6.24. The zero-order chi connectivity index (χ0) is 25.1. The number of nitrogens with zero attached hydrogens (tertiary/aromatic N) is 3. The number of imide groups is 1. The van der Waals surface area contributed by atoms with Crippen molar-refractivity contribution in [1.82, 2.24) is 9.47 Å². The quantitative estimate of drug-likeness (QED) is 0.363. The molecule has 1 aliphatic rings. The standard InChI is InChI=1S/C28H27N3O3S/c1-5-18(2)31-27(32)26(35-28(31)33)15-23-14-19(3)30(20(23)4)24-10-12-25(13-11-24)34-17-22-9-7-6-8-21(22)16-29/h6-15,18H,5,17H2,1-4H3/b26-15-. The van der Waals surface area contributed by atoms with Crippen molar-refractivity contribution in [1.29, 1.82) is 5.26 Å². The average Bonchev–Trinajstić information content (AvgIpc) is 3.30. The fourth-order valence-electron chi connectivity index (χ4n) is 4.12. The number of hydrogen-bond donors (Lipinski definition) is 0. The van der Waals surface area contributed by atoms with E-state index in [9.17, 15) is 14.9 Å². The lowest BCUT2D eigenvalue weighted by Gasteiger charge is -2.19. The summed E-state index contributed by atoms with van der Waals surface area (Å²) >= 11 is 1.00. The monoisotopic (exact) mass is 485 g/mol. The van der Waals surface area contributed by atoms with Crippen molar-refractivity contribution in [3.8, 4) is 17.5 Å². The van der Waals surface area contributed by atoms with Crippen molar-refractivity contribution in [2.75, 3.05) is 0 Å². The van der Waals surface area contributed by atoms with Crippen molar-refractivity contribution in [3.63, 3.8) is 0 Å². The van der Waals surface area contributed by atoms with Crippen molar-refractivity contribution >= 4 is 29.0 Å². The molecular formula is C28H27N3O3S. The Bertz CT molecular complexity index is 1350. The molecule has 2 amide bonds. The van der Waals surface area contributed by atoms with Crippen LogP contribution in [0.3, 0.4) is 0 Å². The van der Waals surface area contributed by atoms with Gasteiger partial charge in [0.2, 0.25) is 0 Å². The minimum absolute atomic E-state index is 0.116. The lowest BCUT2D eigenvalue weighted by atomic mass is 10.1. The van der Waals surface area contributed by atoms with E-state index in [0.717, 1.165) is 46.4 Å². The minimum Gasteiger partial charge on any atom is -0.489 e. The van der Waals surface area contributed by atoms with Gasteiger partial charge in [0.25, 0.3) is 11.1 Å². The van der Waals surface area contributed by atoms with Gasteiger partial charge in [-0.3, -0.25) is 14.5 Å². The van der Waals surface area contributed by atoms with Gasteiger partial charge in [0.15, 0.2) is 0 Å². The predicted molar refractivity (Wildman–Crippen MR) is 138 cm³/mol. The SMILES string of the molecule is CCC(C)N1C(=O)S/C(=C\c2cc(C)n(-c3ccc(OCc4ccccc4C#N)cc3)c2C)C1=O. The Labute approximate surface area is 209 Å². The minimum atomic E-state index is -0.223. The molecule has 2 aromatic carbocycles. The maximum atomic E-state index is 12.8. The van der Waals surface area contributed by atoms with Gasteiger partial charge in [0.1, 0.15) is 12.4 Å². The Morgan fingerprint density at radius 2 is 1.83 bits per heavy atom. The fraction of sp³-hybridized carbons (Fsp3) is 0.250. The summed E-state index contributed by atoms with van der Waals surface area (Å²) in [4.78, 5) is 27.0. The number of nitriles is 1. The van der Waals surface area contributed by atoms with E-state index in [4.69, 9.17) is 4.74 Å². The molecule has 1 atom stereocenters. The first-order valence-electron chi connectivity index (χ1n) is 11.5. The molecule has 1 saturated heterocycles. The van der Waals surface area contributed by atoms with Gasteiger partial charge in [-0.2, -0.15) is 5.26 Å². The van der Waals surface area contributed by atoms with Crippen molar-refractivity contribution in [2.45, 2.75) is 46.8 Å². The number of aryl methyl sites for hydroxylation is 1. The normalized spacial score (nSPS) is 15.5. The summed E-state index contributed by atoms with van der Waals surface area (Å²) in [6, 6.07) is 19.3. The van der Waals surface area contributed by atoms with Gasteiger partial charge < -0.3 is 9.30 Å². The summed E-state index contributed by atoms with van der Waals surface area (Å²) < 4.78 is 8.00. The number of hydrogen-bond acceptors (Lipinski definition) is 5. The summed E-state index contributed by atoms with van der Waals surface area (Å²) in [6.45, 7) is 8.19. The second-order valence-electron chi connectivity index (χ2n) is 8.52. The van der Waals surface area contributed by atoms with E-state index in [1.807, 2.05) is 82.3 Å². The van der Waals surface area contributed by atoms with E-state index in [1.165, 1.54) is 4.90 Å². The molecule has 0 aliphatic carbocycles. The molecule has 178 valence electrons. The van der Waals surface area contributed by atoms with E-state index in [0.29, 0.717) is 22.8 Å². The number of thioether (sulfide) groups is 1. The number of amides is 2. The molecule has 0 N–H and O–H groups in total. The number of carbonyl (C=O) groups excluding carboxylic acids is 2. The van der Waals surface area contributed by atoms with Crippen molar-refractivity contribution in [3.05, 3.63) is 87.6 Å². The smallest absolute Gasteiger partial charge is 0.293 e. The van der Waals surface area contributed by atoms with Gasteiger partial charge in [-0.05, 0) is 87.0 Å². The summed E-state index contributed by atoms with van der Waals surface area (Å²) in [6.07, 6.45) is 2.54. The first-order valence-corrected chi connectivity index (χ1v) is 12.3. The largest absolute Gasteiger partial charge is 0.489 e. The van der Waals surface area contributed by atoms with E-state index in [-0.39, 0.29) is 17.2 Å². The summed E-state index contributed by atoms with van der Waals surface area (Å²) in [5, 5.41) is 9.04. The maximum absolute atomic E-state index is 12.8. The number of rotatable bonds is 7. The van der Waals surface area contributed by atoms with Gasteiger partial charge in [-0.25, -0.2) is 0 Å². The lowest BCUT2D eigenvalue weighted by molar-refractivity contribution is -0.124. The van der Waals surface area contributed by atoms with Crippen LogP contribution in [0.2, 0.25) is 0 Å². The van der Waals surface area contributed by atoms with Crippen LogP contribution in [0.15, 0.2) is 59.5 Å². The number of carbonyl (C=O) groups is 2.